The number of aryl methyl sites for hydroxylation is 2. The van der Waals surface area contributed by atoms with Crippen molar-refractivity contribution in [2.45, 2.75) is 33.9 Å². The number of nitrogens with zero attached hydrogens (tertiary/aromatic N) is 3. The highest BCUT2D eigenvalue weighted by Gasteiger charge is 2.12. The van der Waals surface area contributed by atoms with Gasteiger partial charge in [-0.25, -0.2) is 0 Å². The average molecular weight is 280 g/mol. The van der Waals surface area contributed by atoms with Crippen molar-refractivity contribution in [2.75, 3.05) is 0 Å². The van der Waals surface area contributed by atoms with Gasteiger partial charge in [-0.15, -0.1) is 0 Å². The molecule has 2 heterocycles. The molecule has 0 amide bonds. The van der Waals surface area contributed by atoms with Gasteiger partial charge in [0.25, 0.3) is 0 Å². The van der Waals surface area contributed by atoms with Crippen molar-refractivity contribution in [1.82, 2.24) is 14.8 Å². The highest BCUT2D eigenvalue weighted by molar-refractivity contribution is 5.82. The lowest BCUT2D eigenvalue weighted by molar-refractivity contribution is 0.660. The molecule has 0 saturated heterocycles. The van der Waals surface area contributed by atoms with E-state index in [9.17, 15) is 0 Å². The largest absolute Gasteiger partial charge is 0.326 e. The van der Waals surface area contributed by atoms with Gasteiger partial charge in [-0.1, -0.05) is 18.2 Å². The Morgan fingerprint density at radius 1 is 1.14 bits per heavy atom. The number of aromatic nitrogens is 3. The fourth-order valence-electron chi connectivity index (χ4n) is 2.87. The van der Waals surface area contributed by atoms with E-state index in [1.165, 1.54) is 10.9 Å². The number of nitrogens with two attached hydrogens (primary N) is 1. The maximum absolute atomic E-state index is 5.81. The molecule has 0 spiro atoms. The maximum atomic E-state index is 5.81. The summed E-state index contributed by atoms with van der Waals surface area (Å²) in [5.74, 6) is 0. The third kappa shape index (κ3) is 2.43. The molecule has 3 aromatic rings. The summed E-state index contributed by atoms with van der Waals surface area (Å²) >= 11 is 0. The van der Waals surface area contributed by atoms with E-state index in [-0.39, 0.29) is 0 Å². The van der Waals surface area contributed by atoms with Crippen molar-refractivity contribution in [3.63, 3.8) is 0 Å². The van der Waals surface area contributed by atoms with Gasteiger partial charge < -0.3 is 5.73 Å². The standard InChI is InChI=1S/C17H20N4/c1-11-8-14(15-6-4-5-7-17(15)19-11)10-21-13(3)16(9-18)12(2)20-21/h4-8H,9-10,18H2,1-3H3. The van der Waals surface area contributed by atoms with Gasteiger partial charge in [0.2, 0.25) is 0 Å². The second-order valence-electron chi connectivity index (χ2n) is 5.45. The highest BCUT2D eigenvalue weighted by atomic mass is 15.3. The summed E-state index contributed by atoms with van der Waals surface area (Å²) in [5.41, 5.74) is 12.4. The Morgan fingerprint density at radius 2 is 1.90 bits per heavy atom. The first kappa shape index (κ1) is 13.8. The normalized spacial score (nSPS) is 11.2. The molecule has 0 atom stereocenters. The van der Waals surface area contributed by atoms with Crippen LogP contribution >= 0.6 is 0 Å². The lowest BCUT2D eigenvalue weighted by Crippen LogP contribution is -2.06. The van der Waals surface area contributed by atoms with Crippen LogP contribution in [-0.2, 0) is 13.1 Å². The molecule has 0 saturated carbocycles. The smallest absolute Gasteiger partial charge is 0.0708 e. The van der Waals surface area contributed by atoms with Gasteiger partial charge in [0, 0.05) is 28.9 Å². The second kappa shape index (κ2) is 5.30. The number of benzene rings is 1. The number of para-hydroxylation sites is 1. The summed E-state index contributed by atoms with van der Waals surface area (Å²) in [6.07, 6.45) is 0. The first-order valence-electron chi connectivity index (χ1n) is 7.18. The van der Waals surface area contributed by atoms with Crippen molar-refractivity contribution in [2.24, 2.45) is 5.73 Å². The van der Waals surface area contributed by atoms with Crippen molar-refractivity contribution in [3.05, 3.63) is 58.5 Å². The van der Waals surface area contributed by atoms with Crippen LogP contribution in [0.1, 0.15) is 28.2 Å². The average Bonchev–Trinajstić information content (AvgIpc) is 2.72. The summed E-state index contributed by atoms with van der Waals surface area (Å²) in [6.45, 7) is 7.41. The molecular weight excluding hydrogens is 260 g/mol. The molecule has 21 heavy (non-hydrogen) atoms. The Bertz CT molecular complexity index is 802. The minimum atomic E-state index is 0.536. The van der Waals surface area contributed by atoms with Crippen LogP contribution in [0.4, 0.5) is 0 Å². The highest BCUT2D eigenvalue weighted by Crippen LogP contribution is 2.21. The third-order valence-corrected chi connectivity index (χ3v) is 3.99. The van der Waals surface area contributed by atoms with Gasteiger partial charge in [0.15, 0.2) is 0 Å². The summed E-state index contributed by atoms with van der Waals surface area (Å²) in [5, 5.41) is 5.81. The first-order valence-corrected chi connectivity index (χ1v) is 7.18. The van der Waals surface area contributed by atoms with Crippen LogP contribution in [0.25, 0.3) is 10.9 Å². The monoisotopic (exact) mass is 280 g/mol. The third-order valence-electron chi connectivity index (χ3n) is 3.99. The van der Waals surface area contributed by atoms with Crippen LogP contribution in [0.3, 0.4) is 0 Å². The van der Waals surface area contributed by atoms with E-state index in [0.717, 1.165) is 34.7 Å². The lowest BCUT2D eigenvalue weighted by atomic mass is 10.1. The Hall–Kier alpha value is -2.20. The molecule has 0 radical (unpaired) electrons. The van der Waals surface area contributed by atoms with Crippen LogP contribution in [0.15, 0.2) is 30.3 Å². The molecular formula is C17H20N4. The van der Waals surface area contributed by atoms with E-state index >= 15 is 0 Å². The van der Waals surface area contributed by atoms with Crippen LogP contribution in [-0.4, -0.2) is 14.8 Å². The van der Waals surface area contributed by atoms with E-state index in [1.54, 1.807) is 0 Å². The first-order chi connectivity index (χ1) is 10.1. The Kier molecular flexibility index (Phi) is 3.47. The van der Waals surface area contributed by atoms with Gasteiger partial charge in [0.1, 0.15) is 0 Å². The Labute approximate surface area is 124 Å². The number of hydrogen-bond donors (Lipinski definition) is 1. The van der Waals surface area contributed by atoms with Crippen LogP contribution < -0.4 is 5.73 Å². The predicted molar refractivity (Wildman–Crippen MR) is 85.2 cm³/mol. The number of rotatable bonds is 3. The summed E-state index contributed by atoms with van der Waals surface area (Å²) in [4.78, 5) is 4.59. The van der Waals surface area contributed by atoms with E-state index in [4.69, 9.17) is 5.73 Å². The Morgan fingerprint density at radius 3 is 2.62 bits per heavy atom. The minimum Gasteiger partial charge on any atom is -0.326 e. The fourth-order valence-corrected chi connectivity index (χ4v) is 2.87. The Balaban J connectivity index is 2.10. The maximum Gasteiger partial charge on any atom is 0.0708 e. The van der Waals surface area contributed by atoms with Crippen LogP contribution in [0.5, 0.6) is 0 Å². The topological polar surface area (TPSA) is 56.7 Å². The molecule has 2 N–H and O–H groups in total. The second-order valence-corrected chi connectivity index (χ2v) is 5.45. The number of pyridine rings is 1. The molecule has 108 valence electrons. The van der Waals surface area contributed by atoms with Crippen molar-refractivity contribution in [1.29, 1.82) is 0 Å². The fraction of sp³-hybridized carbons (Fsp3) is 0.294. The predicted octanol–water partition coefficient (Wildman–Crippen LogP) is 2.86. The van der Waals surface area contributed by atoms with Crippen molar-refractivity contribution < 1.29 is 0 Å². The molecule has 2 aromatic heterocycles. The van der Waals surface area contributed by atoms with Gasteiger partial charge >= 0.3 is 0 Å². The number of hydrogen-bond acceptors (Lipinski definition) is 3. The SMILES string of the molecule is Cc1cc(Cn2nc(C)c(CN)c2C)c2ccccc2n1. The van der Waals surface area contributed by atoms with E-state index in [2.05, 4.69) is 41.3 Å². The molecule has 4 nitrogen and oxygen atoms in total. The van der Waals surface area contributed by atoms with Crippen molar-refractivity contribution >= 4 is 10.9 Å². The zero-order valence-electron chi connectivity index (χ0n) is 12.7. The number of fused-ring (bicyclic) bond motifs is 1. The molecule has 3 rings (SSSR count). The zero-order chi connectivity index (χ0) is 15.0. The van der Waals surface area contributed by atoms with Crippen molar-refractivity contribution in [3.8, 4) is 0 Å². The summed E-state index contributed by atoms with van der Waals surface area (Å²) < 4.78 is 2.04. The summed E-state index contributed by atoms with van der Waals surface area (Å²) in [6, 6.07) is 10.4. The molecule has 0 aliphatic rings. The van der Waals surface area contributed by atoms with E-state index in [0.29, 0.717) is 6.54 Å². The van der Waals surface area contributed by atoms with Crippen LogP contribution in [0, 0.1) is 20.8 Å². The quantitative estimate of drug-likeness (QED) is 0.802. The molecule has 0 aliphatic carbocycles. The van der Waals surface area contributed by atoms with Gasteiger partial charge in [-0.3, -0.25) is 9.67 Å². The zero-order valence-corrected chi connectivity index (χ0v) is 12.7. The molecule has 4 heteroatoms. The van der Waals surface area contributed by atoms with Gasteiger partial charge in [-0.05, 0) is 38.5 Å². The minimum absolute atomic E-state index is 0.536. The molecule has 0 unspecified atom stereocenters. The molecule has 0 aliphatic heterocycles. The molecule has 0 bridgehead atoms. The van der Waals surface area contributed by atoms with E-state index in [1.807, 2.05) is 24.6 Å². The van der Waals surface area contributed by atoms with Gasteiger partial charge in [0.05, 0.1) is 17.8 Å². The molecule has 0 fully saturated rings. The molecule has 1 aromatic carbocycles. The van der Waals surface area contributed by atoms with Crippen LogP contribution in [0.2, 0.25) is 0 Å². The van der Waals surface area contributed by atoms with Gasteiger partial charge in [-0.2, -0.15) is 5.10 Å². The lowest BCUT2D eigenvalue weighted by Gasteiger charge is -2.10. The summed E-state index contributed by atoms with van der Waals surface area (Å²) in [7, 11) is 0. The van der Waals surface area contributed by atoms with E-state index < -0.39 is 0 Å².